The maximum atomic E-state index is 12.7. The van der Waals surface area contributed by atoms with Crippen LogP contribution in [0.4, 0.5) is 18.9 Å². The average Bonchev–Trinajstić information content (AvgIpc) is 2.66. The number of rotatable bonds is 7. The number of benzene rings is 1. The van der Waals surface area contributed by atoms with Crippen LogP contribution in [0.1, 0.15) is 32.3 Å². The Bertz CT molecular complexity index is 791. The zero-order valence-corrected chi connectivity index (χ0v) is 17.7. The van der Waals surface area contributed by atoms with Crippen LogP contribution in [-0.2, 0) is 20.6 Å². The van der Waals surface area contributed by atoms with Crippen LogP contribution in [0.15, 0.2) is 24.3 Å². The highest BCUT2D eigenvalue weighted by atomic mass is 19.4. The van der Waals surface area contributed by atoms with E-state index >= 15 is 0 Å². The number of piperazine rings is 1. The molecule has 0 spiro atoms. The van der Waals surface area contributed by atoms with Crippen LogP contribution in [0.5, 0.6) is 0 Å². The van der Waals surface area contributed by atoms with Crippen molar-refractivity contribution in [1.82, 2.24) is 4.90 Å². The summed E-state index contributed by atoms with van der Waals surface area (Å²) in [6.45, 7) is 7.63. The van der Waals surface area contributed by atoms with Gasteiger partial charge in [-0.05, 0) is 32.0 Å². The zero-order valence-electron chi connectivity index (χ0n) is 17.7. The van der Waals surface area contributed by atoms with Crippen LogP contribution in [-0.4, -0.2) is 81.1 Å². The number of aliphatic hydroxyl groups is 1. The van der Waals surface area contributed by atoms with Gasteiger partial charge in [0, 0.05) is 37.9 Å². The van der Waals surface area contributed by atoms with Crippen LogP contribution in [0.2, 0.25) is 0 Å². The van der Waals surface area contributed by atoms with E-state index < -0.39 is 48.1 Å². The number of anilines is 1. The topological polar surface area (TPSA) is 139 Å². The summed E-state index contributed by atoms with van der Waals surface area (Å²) in [6.07, 6.45) is -6.56. The molecule has 0 aliphatic carbocycles. The maximum Gasteiger partial charge on any atom is 0.416 e. The van der Waals surface area contributed by atoms with Crippen LogP contribution in [0.25, 0.3) is 0 Å². The quantitative estimate of drug-likeness (QED) is 0.477. The molecule has 12 heteroatoms. The molecule has 2 rings (SSSR count). The molecule has 1 aliphatic heterocycles. The highest BCUT2D eigenvalue weighted by molar-refractivity contribution is 5.88. The van der Waals surface area contributed by atoms with Gasteiger partial charge in [-0.2, -0.15) is 13.2 Å². The van der Waals surface area contributed by atoms with Crippen molar-refractivity contribution in [3.63, 3.8) is 0 Å². The molecule has 1 fully saturated rings. The first kappa shape index (κ1) is 27.2. The van der Waals surface area contributed by atoms with E-state index in [-0.39, 0.29) is 0 Å². The first-order valence-corrected chi connectivity index (χ1v) is 9.71. The third-order valence-electron chi connectivity index (χ3n) is 4.87. The molecule has 0 aromatic heterocycles. The Kier molecular flexibility index (Phi) is 9.46. The molecule has 0 amide bonds. The first-order chi connectivity index (χ1) is 14.7. The van der Waals surface area contributed by atoms with Gasteiger partial charge in [-0.1, -0.05) is 6.07 Å². The fourth-order valence-corrected chi connectivity index (χ4v) is 3.09. The molecule has 180 valence electrons. The number of aliphatic carboxylic acids is 3. The van der Waals surface area contributed by atoms with Gasteiger partial charge in [-0.25, -0.2) is 4.79 Å². The second-order valence-electron chi connectivity index (χ2n) is 7.64. The van der Waals surface area contributed by atoms with E-state index in [1.165, 1.54) is 12.1 Å². The van der Waals surface area contributed by atoms with Crippen molar-refractivity contribution in [2.45, 2.75) is 44.5 Å². The summed E-state index contributed by atoms with van der Waals surface area (Å²) in [7, 11) is 0. The van der Waals surface area contributed by atoms with Crippen molar-refractivity contribution in [3.05, 3.63) is 29.8 Å². The van der Waals surface area contributed by atoms with Crippen LogP contribution >= 0.6 is 0 Å². The van der Waals surface area contributed by atoms with E-state index in [9.17, 15) is 27.6 Å². The van der Waals surface area contributed by atoms with E-state index in [4.69, 9.17) is 20.4 Å². The van der Waals surface area contributed by atoms with E-state index in [2.05, 4.69) is 18.7 Å². The summed E-state index contributed by atoms with van der Waals surface area (Å²) in [5.41, 5.74) is -2.65. The lowest BCUT2D eigenvalue weighted by Crippen LogP contribution is -2.48. The van der Waals surface area contributed by atoms with Crippen LogP contribution < -0.4 is 4.90 Å². The fraction of sp³-hybridized carbons (Fsp3) is 0.550. The summed E-state index contributed by atoms with van der Waals surface area (Å²) < 4.78 is 38.0. The second kappa shape index (κ2) is 11.1. The molecule has 0 radical (unpaired) electrons. The van der Waals surface area contributed by atoms with Crippen molar-refractivity contribution in [2.75, 3.05) is 31.1 Å². The molecule has 4 N–H and O–H groups in total. The Morgan fingerprint density at radius 2 is 1.47 bits per heavy atom. The van der Waals surface area contributed by atoms with Crippen molar-refractivity contribution in [3.8, 4) is 0 Å². The first-order valence-electron chi connectivity index (χ1n) is 9.71. The lowest BCUT2D eigenvalue weighted by atomic mass is 9.96. The average molecular weight is 464 g/mol. The van der Waals surface area contributed by atoms with E-state index in [0.29, 0.717) is 11.7 Å². The zero-order chi connectivity index (χ0) is 24.7. The van der Waals surface area contributed by atoms with Crippen LogP contribution in [0, 0.1) is 0 Å². The molecule has 0 atom stereocenters. The molecule has 9 nitrogen and oxygen atoms in total. The Morgan fingerprint density at radius 3 is 1.84 bits per heavy atom. The number of carboxylic acids is 3. The Hall–Kier alpha value is -2.86. The number of alkyl halides is 3. The molecule has 0 saturated carbocycles. The van der Waals surface area contributed by atoms with E-state index in [1.54, 1.807) is 6.07 Å². The highest BCUT2D eigenvalue weighted by Gasteiger charge is 2.40. The van der Waals surface area contributed by atoms with E-state index in [0.717, 1.165) is 32.2 Å². The van der Waals surface area contributed by atoms with Gasteiger partial charge in [0.25, 0.3) is 0 Å². The van der Waals surface area contributed by atoms with Crippen molar-refractivity contribution < 1.29 is 48.0 Å². The summed E-state index contributed by atoms with van der Waals surface area (Å²) in [5, 5.41) is 33.8. The number of halogens is 3. The van der Waals surface area contributed by atoms with Crippen LogP contribution in [0.3, 0.4) is 0 Å². The summed E-state index contributed by atoms with van der Waals surface area (Å²) >= 11 is 0. The minimum absolute atomic E-state index is 0.489. The highest BCUT2D eigenvalue weighted by Crippen LogP contribution is 2.31. The molecule has 1 aromatic carbocycles. The minimum Gasteiger partial charge on any atom is -0.481 e. The molecule has 1 saturated heterocycles. The van der Waals surface area contributed by atoms with Crippen molar-refractivity contribution in [1.29, 1.82) is 0 Å². The molecule has 1 aromatic rings. The molecular weight excluding hydrogens is 437 g/mol. The normalized spacial score (nSPS) is 15.2. The predicted molar refractivity (Wildman–Crippen MR) is 107 cm³/mol. The Morgan fingerprint density at radius 1 is 0.969 bits per heavy atom. The standard InChI is InChI=1S/C14H19F3N2.C6H8O7/c1-11(2)18-6-8-19(9-7-18)13-5-3-4-12(10-13)14(15,16)17;7-3(8)1-6(13,5(11)12)2-4(9)10/h3-5,10-11H,6-9H2,1-2H3;13H,1-2H2,(H,7,8)(H,9,10)(H,11,12). The number of hydrogen-bond donors (Lipinski definition) is 4. The van der Waals surface area contributed by atoms with Gasteiger partial charge in [0.2, 0.25) is 0 Å². The molecule has 32 heavy (non-hydrogen) atoms. The summed E-state index contributed by atoms with van der Waals surface area (Å²) in [6, 6.07) is 6.08. The molecular formula is C20H27F3N2O7. The fourth-order valence-electron chi connectivity index (χ4n) is 3.09. The third-order valence-corrected chi connectivity index (χ3v) is 4.87. The Labute approximate surface area is 182 Å². The smallest absolute Gasteiger partial charge is 0.416 e. The number of hydrogen-bond acceptors (Lipinski definition) is 6. The predicted octanol–water partition coefficient (Wildman–Crippen LogP) is 1.99. The SMILES string of the molecule is CC(C)N1CCN(c2cccc(C(F)(F)F)c2)CC1.O=C(O)CC(O)(CC(=O)O)C(=O)O. The van der Waals surface area contributed by atoms with Gasteiger partial charge in [-0.3, -0.25) is 14.5 Å². The van der Waals surface area contributed by atoms with Gasteiger partial charge >= 0.3 is 24.1 Å². The number of carbonyl (C=O) groups is 3. The summed E-state index contributed by atoms with van der Waals surface area (Å²) in [4.78, 5) is 34.8. The lowest BCUT2D eigenvalue weighted by molar-refractivity contribution is -0.170. The monoisotopic (exact) mass is 464 g/mol. The van der Waals surface area contributed by atoms with Gasteiger partial charge in [0.15, 0.2) is 5.60 Å². The van der Waals surface area contributed by atoms with Gasteiger partial charge in [0.05, 0.1) is 18.4 Å². The van der Waals surface area contributed by atoms with Gasteiger partial charge in [-0.15, -0.1) is 0 Å². The number of carboxylic acid groups (broad SMARTS) is 3. The Balaban J connectivity index is 0.000000347. The molecule has 1 aliphatic rings. The molecule has 0 bridgehead atoms. The molecule has 1 heterocycles. The molecule has 0 unspecified atom stereocenters. The lowest BCUT2D eigenvalue weighted by Gasteiger charge is -2.38. The van der Waals surface area contributed by atoms with Crippen molar-refractivity contribution >= 4 is 23.6 Å². The third kappa shape index (κ3) is 8.35. The largest absolute Gasteiger partial charge is 0.481 e. The van der Waals surface area contributed by atoms with Gasteiger partial charge < -0.3 is 25.3 Å². The maximum absolute atomic E-state index is 12.7. The summed E-state index contributed by atoms with van der Waals surface area (Å²) in [5.74, 6) is -5.02. The van der Waals surface area contributed by atoms with Crippen molar-refractivity contribution in [2.24, 2.45) is 0 Å². The number of nitrogens with zero attached hydrogens (tertiary/aromatic N) is 2. The van der Waals surface area contributed by atoms with Gasteiger partial charge in [0.1, 0.15) is 0 Å². The minimum atomic E-state index is -4.27. The van der Waals surface area contributed by atoms with E-state index in [1.807, 2.05) is 4.90 Å². The second-order valence-corrected chi connectivity index (χ2v) is 7.64.